The Labute approximate surface area is 120 Å². The predicted molar refractivity (Wildman–Crippen MR) is 72.9 cm³/mol. The van der Waals surface area contributed by atoms with Gasteiger partial charge in [0.15, 0.2) is 0 Å². The molecule has 0 spiro atoms. The van der Waals surface area contributed by atoms with Gasteiger partial charge in [-0.25, -0.2) is 0 Å². The summed E-state index contributed by atoms with van der Waals surface area (Å²) in [5.41, 5.74) is 0.571. The molecule has 1 fully saturated rings. The fraction of sp³-hybridized carbons (Fsp3) is 0.429. The molecule has 1 aromatic carbocycles. The molecule has 1 aromatic rings. The van der Waals surface area contributed by atoms with E-state index in [1.165, 1.54) is 0 Å². The van der Waals surface area contributed by atoms with Crippen LogP contribution in [0, 0.1) is 17.2 Å². The van der Waals surface area contributed by atoms with Crippen molar-refractivity contribution >= 4 is 21.9 Å². The Bertz CT molecular complexity index is 516. The van der Waals surface area contributed by atoms with E-state index in [-0.39, 0.29) is 12.0 Å². The fourth-order valence-corrected chi connectivity index (χ4v) is 2.73. The third kappa shape index (κ3) is 3.48. The normalized spacial score (nSPS) is 22.5. The summed E-state index contributed by atoms with van der Waals surface area (Å²) in [5, 5.41) is 17.8. The third-order valence-electron chi connectivity index (χ3n) is 3.39. The van der Waals surface area contributed by atoms with Crippen molar-refractivity contribution in [2.75, 3.05) is 0 Å². The first-order chi connectivity index (χ1) is 9.10. The number of halogens is 1. The largest absolute Gasteiger partial charge is 0.490 e. The number of nitrogens with zero attached hydrogens (tertiary/aromatic N) is 1. The summed E-state index contributed by atoms with van der Waals surface area (Å²) in [7, 11) is 0. The molecule has 0 heterocycles. The minimum atomic E-state index is -0.709. The summed E-state index contributed by atoms with van der Waals surface area (Å²) in [4.78, 5) is 10.9. The van der Waals surface area contributed by atoms with Gasteiger partial charge in [-0.2, -0.15) is 5.26 Å². The lowest BCUT2D eigenvalue weighted by molar-refractivity contribution is -0.143. The molecule has 1 saturated carbocycles. The number of ether oxygens (including phenoxy) is 1. The summed E-state index contributed by atoms with van der Waals surface area (Å²) in [6.45, 7) is 0. The second-order valence-corrected chi connectivity index (χ2v) is 5.54. The minimum Gasteiger partial charge on any atom is -0.490 e. The van der Waals surface area contributed by atoms with Gasteiger partial charge >= 0.3 is 5.97 Å². The summed E-state index contributed by atoms with van der Waals surface area (Å²) in [6.07, 6.45) is 2.91. The van der Waals surface area contributed by atoms with Crippen LogP contribution < -0.4 is 4.74 Å². The van der Waals surface area contributed by atoms with Gasteiger partial charge in [-0.1, -0.05) is 0 Å². The molecule has 0 bridgehead atoms. The zero-order valence-electron chi connectivity index (χ0n) is 10.3. The van der Waals surface area contributed by atoms with Gasteiger partial charge in [-0.05, 0) is 59.8 Å². The average Bonchev–Trinajstić information content (AvgIpc) is 2.39. The molecule has 1 aliphatic rings. The van der Waals surface area contributed by atoms with Crippen molar-refractivity contribution in [3.8, 4) is 11.8 Å². The molecule has 5 heteroatoms. The van der Waals surface area contributed by atoms with Crippen LogP contribution in [-0.2, 0) is 4.79 Å². The second-order valence-electron chi connectivity index (χ2n) is 4.68. The average molecular weight is 324 g/mol. The van der Waals surface area contributed by atoms with Crippen LogP contribution in [0.1, 0.15) is 31.2 Å². The molecule has 19 heavy (non-hydrogen) atoms. The van der Waals surface area contributed by atoms with Crippen LogP contribution in [0.15, 0.2) is 22.7 Å². The number of hydrogen-bond acceptors (Lipinski definition) is 3. The zero-order chi connectivity index (χ0) is 13.8. The first kappa shape index (κ1) is 13.9. The van der Waals surface area contributed by atoms with E-state index in [2.05, 4.69) is 22.0 Å². The highest BCUT2D eigenvalue weighted by molar-refractivity contribution is 9.10. The monoisotopic (exact) mass is 323 g/mol. The number of carboxylic acids is 1. The quantitative estimate of drug-likeness (QED) is 0.926. The van der Waals surface area contributed by atoms with Crippen LogP contribution >= 0.6 is 15.9 Å². The molecule has 0 radical (unpaired) electrons. The Morgan fingerprint density at radius 2 is 2.05 bits per heavy atom. The van der Waals surface area contributed by atoms with Crippen molar-refractivity contribution in [1.29, 1.82) is 5.26 Å². The Hall–Kier alpha value is -1.54. The van der Waals surface area contributed by atoms with Crippen molar-refractivity contribution in [3.63, 3.8) is 0 Å². The van der Waals surface area contributed by atoms with Gasteiger partial charge in [0.2, 0.25) is 0 Å². The molecule has 1 N–H and O–H groups in total. The highest BCUT2D eigenvalue weighted by atomic mass is 79.9. The Morgan fingerprint density at radius 1 is 1.37 bits per heavy atom. The van der Waals surface area contributed by atoms with Gasteiger partial charge in [0.25, 0.3) is 0 Å². The van der Waals surface area contributed by atoms with E-state index in [1.54, 1.807) is 18.2 Å². The zero-order valence-corrected chi connectivity index (χ0v) is 11.9. The fourth-order valence-electron chi connectivity index (χ4n) is 2.28. The van der Waals surface area contributed by atoms with Crippen LogP contribution in [0.4, 0.5) is 0 Å². The molecular formula is C14H14BrNO3. The lowest BCUT2D eigenvalue weighted by Crippen LogP contribution is -2.27. The van der Waals surface area contributed by atoms with Crippen molar-refractivity contribution in [2.45, 2.75) is 31.8 Å². The van der Waals surface area contributed by atoms with Crippen molar-refractivity contribution in [1.82, 2.24) is 0 Å². The molecule has 4 nitrogen and oxygen atoms in total. The van der Waals surface area contributed by atoms with Gasteiger partial charge in [0.1, 0.15) is 11.8 Å². The van der Waals surface area contributed by atoms with E-state index in [1.807, 2.05) is 0 Å². The molecular weight excluding hydrogens is 310 g/mol. The molecule has 0 unspecified atom stereocenters. The van der Waals surface area contributed by atoms with Gasteiger partial charge in [0, 0.05) is 4.47 Å². The van der Waals surface area contributed by atoms with Crippen LogP contribution in [0.3, 0.4) is 0 Å². The Morgan fingerprint density at radius 3 is 2.58 bits per heavy atom. The number of benzene rings is 1. The summed E-state index contributed by atoms with van der Waals surface area (Å²) >= 11 is 3.32. The van der Waals surface area contributed by atoms with Crippen LogP contribution in [0.25, 0.3) is 0 Å². The van der Waals surface area contributed by atoms with Gasteiger partial charge in [0.05, 0.1) is 17.6 Å². The standard InChI is InChI=1S/C14H14BrNO3/c15-13-7-12(6-3-10(13)8-16)19-11-4-1-9(2-5-11)14(17)18/h3,6-7,9,11H,1-2,4-5H2,(H,17,18). The maximum absolute atomic E-state index is 10.9. The number of nitriles is 1. The van der Waals surface area contributed by atoms with Crippen molar-refractivity contribution in [3.05, 3.63) is 28.2 Å². The summed E-state index contributed by atoms with van der Waals surface area (Å²) in [6, 6.07) is 7.34. The predicted octanol–water partition coefficient (Wildman–Crippen LogP) is 3.34. The third-order valence-corrected chi connectivity index (χ3v) is 4.04. The minimum absolute atomic E-state index is 0.0652. The molecule has 0 atom stereocenters. The van der Waals surface area contributed by atoms with E-state index in [0.717, 1.165) is 12.8 Å². The smallest absolute Gasteiger partial charge is 0.306 e. The maximum Gasteiger partial charge on any atom is 0.306 e. The van der Waals surface area contributed by atoms with Gasteiger partial charge in [-0.3, -0.25) is 4.79 Å². The Kier molecular flexibility index (Phi) is 4.43. The molecule has 0 saturated heterocycles. The number of carbonyl (C=O) groups is 1. The molecule has 0 amide bonds. The molecule has 1 aliphatic carbocycles. The number of aliphatic carboxylic acids is 1. The van der Waals surface area contributed by atoms with E-state index >= 15 is 0 Å². The summed E-state index contributed by atoms with van der Waals surface area (Å²) < 4.78 is 6.55. The highest BCUT2D eigenvalue weighted by Crippen LogP contribution is 2.29. The molecule has 0 aliphatic heterocycles. The lowest BCUT2D eigenvalue weighted by Gasteiger charge is -2.26. The van der Waals surface area contributed by atoms with Crippen molar-refractivity contribution < 1.29 is 14.6 Å². The maximum atomic E-state index is 10.9. The Balaban J connectivity index is 1.94. The number of hydrogen-bond donors (Lipinski definition) is 1. The van der Waals surface area contributed by atoms with Gasteiger partial charge < -0.3 is 9.84 Å². The van der Waals surface area contributed by atoms with Crippen LogP contribution in [0.2, 0.25) is 0 Å². The molecule has 2 rings (SSSR count). The second kappa shape index (κ2) is 6.07. The van der Waals surface area contributed by atoms with Crippen molar-refractivity contribution in [2.24, 2.45) is 5.92 Å². The van der Waals surface area contributed by atoms with E-state index in [0.29, 0.717) is 28.6 Å². The molecule has 0 aromatic heterocycles. The highest BCUT2D eigenvalue weighted by Gasteiger charge is 2.26. The SMILES string of the molecule is N#Cc1ccc(OC2CCC(C(=O)O)CC2)cc1Br. The van der Waals surface area contributed by atoms with E-state index < -0.39 is 5.97 Å². The first-order valence-electron chi connectivity index (χ1n) is 6.19. The molecule has 100 valence electrons. The van der Waals surface area contributed by atoms with E-state index in [9.17, 15) is 4.79 Å². The lowest BCUT2D eigenvalue weighted by atomic mass is 9.87. The van der Waals surface area contributed by atoms with Crippen LogP contribution in [0.5, 0.6) is 5.75 Å². The topological polar surface area (TPSA) is 70.3 Å². The van der Waals surface area contributed by atoms with E-state index in [4.69, 9.17) is 15.1 Å². The summed E-state index contributed by atoms with van der Waals surface area (Å²) in [5.74, 6) is -0.225. The first-order valence-corrected chi connectivity index (χ1v) is 6.98. The number of rotatable bonds is 3. The van der Waals surface area contributed by atoms with Gasteiger partial charge in [-0.15, -0.1) is 0 Å². The van der Waals surface area contributed by atoms with Crippen LogP contribution in [-0.4, -0.2) is 17.2 Å². The number of carboxylic acid groups (broad SMARTS) is 1.